The van der Waals surface area contributed by atoms with Crippen LogP contribution in [0, 0.1) is 5.92 Å². The average Bonchev–Trinajstić information content (AvgIpc) is 3.35. The first-order valence-electron chi connectivity index (χ1n) is 10.7. The molecule has 0 aromatic heterocycles. The standard InChI is InChI=1S/C22H37O5PSeSi/c1-9-25-21(23)22(28(24,26-16(2)3)27-17(4)5)15-19(22)20(30(6,7)8)29-18-13-11-10-12-14-18/h10-14,16-17,19-20H,9,15H2,1-8H3/t19-,20?,22+/m0/s1. The zero-order chi connectivity index (χ0) is 22.7. The van der Waals surface area contributed by atoms with Gasteiger partial charge in [-0.1, -0.05) is 0 Å². The Hall–Kier alpha value is -0.424. The van der Waals surface area contributed by atoms with E-state index < -0.39 is 26.8 Å². The average molecular weight is 520 g/mol. The second-order valence-electron chi connectivity index (χ2n) is 9.48. The molecular formula is C22H37O5PSeSi. The van der Waals surface area contributed by atoms with E-state index in [9.17, 15) is 9.36 Å². The number of rotatable bonds is 11. The van der Waals surface area contributed by atoms with Gasteiger partial charge in [-0.3, -0.25) is 0 Å². The van der Waals surface area contributed by atoms with Crippen LogP contribution in [0.4, 0.5) is 0 Å². The first kappa shape index (κ1) is 25.8. The van der Waals surface area contributed by atoms with E-state index in [1.54, 1.807) is 6.92 Å². The number of hydrogen-bond acceptors (Lipinski definition) is 5. The van der Waals surface area contributed by atoms with Gasteiger partial charge in [-0.2, -0.15) is 0 Å². The number of carbonyl (C=O) groups excluding carboxylic acids is 1. The summed E-state index contributed by atoms with van der Waals surface area (Å²) in [6.45, 7) is 16.3. The van der Waals surface area contributed by atoms with E-state index in [0.717, 1.165) is 0 Å². The summed E-state index contributed by atoms with van der Waals surface area (Å²) in [5.74, 6) is -0.474. The zero-order valence-electron chi connectivity index (χ0n) is 19.5. The third kappa shape index (κ3) is 5.68. The molecule has 0 bridgehead atoms. The monoisotopic (exact) mass is 520 g/mol. The van der Waals surface area contributed by atoms with Crippen LogP contribution in [0.3, 0.4) is 0 Å². The maximum atomic E-state index is 14.2. The van der Waals surface area contributed by atoms with Crippen LogP contribution in [-0.4, -0.2) is 53.0 Å². The molecule has 1 aromatic rings. The molecule has 1 aliphatic rings. The molecule has 1 saturated carbocycles. The van der Waals surface area contributed by atoms with Crippen LogP contribution in [0.15, 0.2) is 30.3 Å². The number of hydrogen-bond donors (Lipinski definition) is 0. The van der Waals surface area contributed by atoms with Gasteiger partial charge in [0.1, 0.15) is 0 Å². The van der Waals surface area contributed by atoms with E-state index in [4.69, 9.17) is 13.8 Å². The molecule has 1 aromatic carbocycles. The molecule has 8 heteroatoms. The summed E-state index contributed by atoms with van der Waals surface area (Å²) in [6.07, 6.45) is -0.120. The van der Waals surface area contributed by atoms with Gasteiger partial charge >= 0.3 is 190 Å². The SMILES string of the molecule is CCOC(=O)[C@@]1(P(=O)(OC(C)C)OC(C)C)C[C@H]1C([Se]c1ccccc1)[Si](C)(C)C. The van der Waals surface area contributed by atoms with E-state index in [1.807, 2.05) is 33.8 Å². The zero-order valence-corrected chi connectivity index (χ0v) is 23.1. The van der Waals surface area contributed by atoms with E-state index in [1.165, 1.54) is 4.46 Å². The predicted molar refractivity (Wildman–Crippen MR) is 126 cm³/mol. The molecule has 0 saturated heterocycles. The van der Waals surface area contributed by atoms with Crippen molar-refractivity contribution in [2.45, 2.75) is 82.5 Å². The summed E-state index contributed by atoms with van der Waals surface area (Å²) in [7, 11) is -5.43. The van der Waals surface area contributed by atoms with Gasteiger partial charge in [-0.25, -0.2) is 0 Å². The van der Waals surface area contributed by atoms with Crippen molar-refractivity contribution in [3.63, 3.8) is 0 Å². The maximum absolute atomic E-state index is 14.2. The Balaban J connectivity index is 2.51. The first-order valence-corrected chi connectivity index (χ1v) is 17.7. The molecule has 0 amide bonds. The fourth-order valence-corrected chi connectivity index (χ4v) is 14.2. The van der Waals surface area contributed by atoms with Crippen molar-refractivity contribution in [1.82, 2.24) is 0 Å². The summed E-state index contributed by atoms with van der Waals surface area (Å²) in [6, 6.07) is 10.4. The van der Waals surface area contributed by atoms with Crippen LogP contribution in [0.5, 0.6) is 0 Å². The van der Waals surface area contributed by atoms with Crippen LogP contribution in [0.25, 0.3) is 0 Å². The molecule has 170 valence electrons. The molecule has 0 radical (unpaired) electrons. The Kier molecular flexibility index (Phi) is 8.63. The summed E-state index contributed by atoms with van der Waals surface area (Å²) in [5.41, 5.74) is 0. The van der Waals surface area contributed by atoms with Gasteiger partial charge < -0.3 is 0 Å². The van der Waals surface area contributed by atoms with E-state index in [2.05, 4.69) is 43.9 Å². The van der Waals surface area contributed by atoms with Crippen molar-refractivity contribution in [2.75, 3.05) is 6.61 Å². The second kappa shape index (κ2) is 10.0. The molecule has 0 N–H and O–H groups in total. The number of ether oxygens (including phenoxy) is 1. The van der Waals surface area contributed by atoms with Gasteiger partial charge in [0.05, 0.1) is 0 Å². The normalized spacial score (nSPS) is 22.9. The Bertz CT molecular complexity index is 751. The van der Waals surface area contributed by atoms with Gasteiger partial charge in [-0.15, -0.1) is 0 Å². The molecule has 0 aliphatic heterocycles. The van der Waals surface area contributed by atoms with Crippen molar-refractivity contribution >= 4 is 41.1 Å². The molecule has 0 spiro atoms. The number of benzene rings is 1. The van der Waals surface area contributed by atoms with E-state index >= 15 is 0 Å². The molecule has 5 nitrogen and oxygen atoms in total. The summed E-state index contributed by atoms with van der Waals surface area (Å²) in [5, 5.41) is -1.20. The van der Waals surface area contributed by atoms with Gasteiger partial charge in [0, 0.05) is 0 Å². The second-order valence-corrected chi connectivity index (χ2v) is 20.5. The Morgan fingerprint density at radius 2 is 1.67 bits per heavy atom. The van der Waals surface area contributed by atoms with Gasteiger partial charge in [0.2, 0.25) is 0 Å². The Morgan fingerprint density at radius 3 is 2.10 bits per heavy atom. The van der Waals surface area contributed by atoms with Crippen LogP contribution in [-0.2, 0) is 23.1 Å². The molecule has 1 fully saturated rings. The van der Waals surface area contributed by atoms with Crippen LogP contribution in [0.1, 0.15) is 41.0 Å². The molecule has 1 aliphatic carbocycles. The predicted octanol–water partition coefficient (Wildman–Crippen LogP) is 5.05. The van der Waals surface area contributed by atoms with Gasteiger partial charge in [0.15, 0.2) is 0 Å². The Morgan fingerprint density at radius 1 is 1.13 bits per heavy atom. The van der Waals surface area contributed by atoms with Crippen LogP contribution >= 0.6 is 7.60 Å². The minimum absolute atomic E-state index is 0.0493. The Labute approximate surface area is 189 Å². The molecule has 3 atom stereocenters. The molecule has 0 heterocycles. The van der Waals surface area contributed by atoms with E-state index in [0.29, 0.717) is 10.9 Å². The fraction of sp³-hybridized carbons (Fsp3) is 0.682. The molecule has 1 unspecified atom stereocenters. The minimum atomic E-state index is -3.74. The molecule has 2 rings (SSSR count). The van der Waals surface area contributed by atoms with Gasteiger partial charge in [0.25, 0.3) is 0 Å². The summed E-state index contributed by atoms with van der Waals surface area (Å²) in [4.78, 5) is 13.3. The van der Waals surface area contributed by atoms with Crippen LogP contribution in [0.2, 0.25) is 24.1 Å². The topological polar surface area (TPSA) is 61.8 Å². The third-order valence-corrected chi connectivity index (χ3v) is 17.6. The summed E-state index contributed by atoms with van der Waals surface area (Å²) >= 11 is 0.158. The fourth-order valence-electron chi connectivity index (χ4n) is 3.83. The number of esters is 1. The molecule has 30 heavy (non-hydrogen) atoms. The third-order valence-electron chi connectivity index (χ3n) is 5.03. The van der Waals surface area contributed by atoms with E-state index in [-0.39, 0.29) is 39.7 Å². The van der Waals surface area contributed by atoms with Gasteiger partial charge in [-0.05, 0) is 0 Å². The van der Waals surface area contributed by atoms with Crippen LogP contribution < -0.4 is 4.46 Å². The number of carbonyl (C=O) groups is 1. The summed E-state index contributed by atoms with van der Waals surface area (Å²) < 4.78 is 33.2. The van der Waals surface area contributed by atoms with Crippen molar-refractivity contribution in [2.24, 2.45) is 5.92 Å². The van der Waals surface area contributed by atoms with Crippen molar-refractivity contribution in [3.8, 4) is 0 Å². The van der Waals surface area contributed by atoms with Crippen molar-refractivity contribution in [1.29, 1.82) is 0 Å². The first-order chi connectivity index (χ1) is 13.9. The quantitative estimate of drug-likeness (QED) is 0.233. The van der Waals surface area contributed by atoms with Crippen molar-refractivity contribution in [3.05, 3.63) is 30.3 Å². The van der Waals surface area contributed by atoms with Crippen molar-refractivity contribution < 1.29 is 23.1 Å². The molecular weight excluding hydrogens is 482 g/mol.